The zero-order valence-electron chi connectivity index (χ0n) is 15.3. The van der Waals surface area contributed by atoms with E-state index >= 15 is 0 Å². The maximum atomic E-state index is 12.5. The van der Waals surface area contributed by atoms with Crippen LogP contribution in [-0.2, 0) is 10.0 Å². The maximum Gasteiger partial charge on any atom is 0.264 e. The van der Waals surface area contributed by atoms with Crippen molar-refractivity contribution >= 4 is 50.8 Å². The Bertz CT molecular complexity index is 1240. The van der Waals surface area contributed by atoms with Gasteiger partial charge in [0, 0.05) is 23.0 Å². The van der Waals surface area contributed by atoms with Crippen molar-refractivity contribution in [2.24, 2.45) is 0 Å². The second-order valence-corrected chi connectivity index (χ2v) is 7.70. The minimum Gasteiger partial charge on any atom is -0.340 e. The third-order valence-electron chi connectivity index (χ3n) is 3.99. The van der Waals surface area contributed by atoms with Crippen molar-refractivity contribution in [2.45, 2.75) is 11.8 Å². The minimum absolute atomic E-state index is 0. The van der Waals surface area contributed by atoms with E-state index < -0.39 is 10.0 Å². The van der Waals surface area contributed by atoms with Crippen molar-refractivity contribution in [2.75, 3.05) is 10.0 Å². The predicted molar refractivity (Wildman–Crippen MR) is 114 cm³/mol. The molecule has 10 heteroatoms. The van der Waals surface area contributed by atoms with E-state index in [-0.39, 0.29) is 23.3 Å². The predicted octanol–water partition coefficient (Wildman–Crippen LogP) is 3.69. The highest BCUT2D eigenvalue weighted by Gasteiger charge is 2.15. The van der Waals surface area contributed by atoms with Crippen molar-refractivity contribution < 1.29 is 8.42 Å². The van der Waals surface area contributed by atoms with Gasteiger partial charge < -0.3 is 5.32 Å². The molecule has 2 heterocycles. The van der Waals surface area contributed by atoms with Crippen LogP contribution in [-0.4, -0.2) is 28.4 Å². The third-order valence-corrected chi connectivity index (χ3v) is 5.33. The van der Waals surface area contributed by atoms with Crippen molar-refractivity contribution in [3.63, 3.8) is 0 Å². The lowest BCUT2D eigenvalue weighted by atomic mass is 10.2. The molecule has 0 unspecified atom stereocenters. The number of fused-ring (bicyclic) bond motifs is 1. The lowest BCUT2D eigenvalue weighted by Crippen LogP contribution is -2.15. The van der Waals surface area contributed by atoms with E-state index in [4.69, 9.17) is 0 Å². The van der Waals surface area contributed by atoms with Crippen LogP contribution in [0.5, 0.6) is 0 Å². The fourth-order valence-corrected chi connectivity index (χ4v) is 3.59. The Labute approximate surface area is 173 Å². The smallest absolute Gasteiger partial charge is 0.264 e. The van der Waals surface area contributed by atoms with Gasteiger partial charge in [0.2, 0.25) is 5.95 Å². The Morgan fingerprint density at radius 3 is 2.41 bits per heavy atom. The van der Waals surface area contributed by atoms with Gasteiger partial charge in [0.15, 0.2) is 0 Å². The maximum absolute atomic E-state index is 12.5. The second-order valence-electron chi connectivity index (χ2n) is 6.02. The summed E-state index contributed by atoms with van der Waals surface area (Å²) in [6.45, 7) is 1.76. The number of para-hydroxylation sites is 1. The Morgan fingerprint density at radius 1 is 0.897 bits per heavy atom. The highest BCUT2D eigenvalue weighted by molar-refractivity contribution is 7.92. The van der Waals surface area contributed by atoms with Crippen LogP contribution in [0.25, 0.3) is 10.9 Å². The molecule has 0 amide bonds. The minimum atomic E-state index is -3.78. The zero-order chi connectivity index (χ0) is 19.6. The molecule has 0 atom stereocenters. The van der Waals surface area contributed by atoms with Crippen LogP contribution >= 0.6 is 12.4 Å². The molecule has 0 radical (unpaired) electrons. The van der Waals surface area contributed by atoms with Crippen molar-refractivity contribution in [1.29, 1.82) is 0 Å². The molecule has 0 aliphatic carbocycles. The Balaban J connectivity index is 0.00000240. The first kappa shape index (κ1) is 20.4. The highest BCUT2D eigenvalue weighted by Crippen LogP contribution is 2.24. The lowest BCUT2D eigenvalue weighted by molar-refractivity contribution is 0.601. The normalized spacial score (nSPS) is 10.9. The van der Waals surface area contributed by atoms with Gasteiger partial charge in [0.25, 0.3) is 10.0 Å². The van der Waals surface area contributed by atoms with Crippen LogP contribution in [0.15, 0.2) is 72.0 Å². The molecule has 29 heavy (non-hydrogen) atoms. The number of rotatable bonds is 5. The number of sulfonamides is 1. The molecule has 2 aromatic heterocycles. The number of nitrogens with zero attached hydrogens (tertiary/aromatic N) is 4. The average molecular weight is 429 g/mol. The van der Waals surface area contributed by atoms with E-state index in [1.54, 1.807) is 25.1 Å². The lowest BCUT2D eigenvalue weighted by Gasteiger charge is -2.10. The zero-order valence-corrected chi connectivity index (χ0v) is 16.9. The van der Waals surface area contributed by atoms with Gasteiger partial charge in [-0.1, -0.05) is 12.1 Å². The van der Waals surface area contributed by atoms with Gasteiger partial charge in [0.1, 0.15) is 12.1 Å². The summed E-state index contributed by atoms with van der Waals surface area (Å²) >= 11 is 0. The molecular weight excluding hydrogens is 412 g/mol. The van der Waals surface area contributed by atoms with E-state index in [9.17, 15) is 8.42 Å². The molecule has 0 saturated carbocycles. The second kappa shape index (κ2) is 8.38. The summed E-state index contributed by atoms with van der Waals surface area (Å²) in [5.74, 6) is 0.683. The number of nitrogens with one attached hydrogen (secondary N) is 2. The monoisotopic (exact) mass is 428 g/mol. The highest BCUT2D eigenvalue weighted by atomic mass is 35.5. The van der Waals surface area contributed by atoms with Gasteiger partial charge in [-0.25, -0.2) is 33.1 Å². The number of hydrogen-bond donors (Lipinski definition) is 2. The number of aromatic nitrogens is 4. The molecule has 0 aliphatic heterocycles. The van der Waals surface area contributed by atoms with Gasteiger partial charge in [0.05, 0.1) is 10.4 Å². The molecule has 148 valence electrons. The molecule has 0 fully saturated rings. The van der Waals surface area contributed by atoms with Gasteiger partial charge in [-0.05, 0) is 49.4 Å². The van der Waals surface area contributed by atoms with Crippen molar-refractivity contribution in [1.82, 2.24) is 19.9 Å². The summed E-state index contributed by atoms with van der Waals surface area (Å²) in [6, 6.07) is 15.7. The standard InChI is InChI=1S/C19H16N6O2S.ClH/c1-13-10-11-20-19(23-13)25-28(26,27)15-8-6-14(7-9-15)24-18-16-4-2-3-5-17(16)21-12-22-18;/h2-12H,1H3,(H,20,23,25)(H,21,22,24);1H. The summed E-state index contributed by atoms with van der Waals surface area (Å²) in [6.07, 6.45) is 2.98. The van der Waals surface area contributed by atoms with Gasteiger partial charge >= 0.3 is 0 Å². The Morgan fingerprint density at radius 2 is 1.66 bits per heavy atom. The first-order valence-electron chi connectivity index (χ1n) is 8.40. The van der Waals surface area contributed by atoms with E-state index in [0.29, 0.717) is 17.2 Å². The van der Waals surface area contributed by atoms with Gasteiger partial charge in [-0.15, -0.1) is 12.4 Å². The number of aryl methyl sites for hydroxylation is 1. The summed E-state index contributed by atoms with van der Waals surface area (Å²) in [7, 11) is -3.78. The molecule has 8 nitrogen and oxygen atoms in total. The number of halogens is 1. The van der Waals surface area contributed by atoms with Crippen LogP contribution in [0.2, 0.25) is 0 Å². The summed E-state index contributed by atoms with van der Waals surface area (Å²) in [5.41, 5.74) is 2.19. The van der Waals surface area contributed by atoms with Crippen LogP contribution in [0, 0.1) is 6.92 Å². The Hall–Kier alpha value is -3.30. The number of benzene rings is 2. The molecule has 4 aromatic rings. The Kier molecular flexibility index (Phi) is 5.90. The van der Waals surface area contributed by atoms with Crippen LogP contribution in [0.1, 0.15) is 5.69 Å². The van der Waals surface area contributed by atoms with Gasteiger partial charge in [-0.3, -0.25) is 0 Å². The fraction of sp³-hybridized carbons (Fsp3) is 0.0526. The van der Waals surface area contributed by atoms with E-state index in [0.717, 1.165) is 10.9 Å². The van der Waals surface area contributed by atoms with Gasteiger partial charge in [-0.2, -0.15) is 0 Å². The molecule has 4 rings (SSSR count). The quantitative estimate of drug-likeness (QED) is 0.498. The van der Waals surface area contributed by atoms with E-state index in [1.165, 1.54) is 24.7 Å². The average Bonchev–Trinajstić information content (AvgIpc) is 2.68. The fourth-order valence-electron chi connectivity index (χ4n) is 2.64. The van der Waals surface area contributed by atoms with E-state index in [1.807, 2.05) is 24.3 Å². The van der Waals surface area contributed by atoms with Crippen molar-refractivity contribution in [3.8, 4) is 0 Å². The SMILES string of the molecule is Cc1ccnc(NS(=O)(=O)c2ccc(Nc3ncnc4ccccc34)cc2)n1.Cl. The molecule has 0 spiro atoms. The molecule has 0 bridgehead atoms. The number of anilines is 3. The molecule has 2 N–H and O–H groups in total. The molecule has 2 aromatic carbocycles. The molecular formula is C19H17ClN6O2S. The summed E-state index contributed by atoms with van der Waals surface area (Å²) < 4.78 is 27.4. The van der Waals surface area contributed by atoms with Crippen LogP contribution < -0.4 is 10.0 Å². The summed E-state index contributed by atoms with van der Waals surface area (Å²) in [5, 5.41) is 4.07. The topological polar surface area (TPSA) is 110 Å². The molecule has 0 saturated heterocycles. The first-order chi connectivity index (χ1) is 13.5. The number of hydrogen-bond acceptors (Lipinski definition) is 7. The van der Waals surface area contributed by atoms with Crippen LogP contribution in [0.4, 0.5) is 17.5 Å². The van der Waals surface area contributed by atoms with Crippen LogP contribution in [0.3, 0.4) is 0 Å². The van der Waals surface area contributed by atoms with Crippen molar-refractivity contribution in [3.05, 3.63) is 72.8 Å². The molecule has 0 aliphatic rings. The van der Waals surface area contributed by atoms with E-state index in [2.05, 4.69) is 30.0 Å². The largest absolute Gasteiger partial charge is 0.340 e. The summed E-state index contributed by atoms with van der Waals surface area (Å²) in [4.78, 5) is 16.6. The first-order valence-corrected chi connectivity index (χ1v) is 9.89. The third kappa shape index (κ3) is 4.58.